The van der Waals surface area contributed by atoms with E-state index >= 15 is 0 Å². The van der Waals surface area contributed by atoms with Gasteiger partial charge in [-0.15, -0.1) is 0 Å². The summed E-state index contributed by atoms with van der Waals surface area (Å²) in [6, 6.07) is 20.9. The van der Waals surface area contributed by atoms with Crippen LogP contribution in [-0.4, -0.2) is 0 Å². The first kappa shape index (κ1) is 14.4. The van der Waals surface area contributed by atoms with Gasteiger partial charge in [-0.2, -0.15) is 0 Å². The van der Waals surface area contributed by atoms with Crippen molar-refractivity contribution in [2.45, 2.75) is 13.0 Å². The van der Waals surface area contributed by atoms with Crippen LogP contribution in [0.4, 0.5) is 5.69 Å². The van der Waals surface area contributed by atoms with Crippen LogP contribution in [0.25, 0.3) is 10.8 Å². The Morgan fingerprint density at radius 1 is 0.952 bits per heavy atom. The van der Waals surface area contributed by atoms with E-state index in [1.165, 1.54) is 16.3 Å². The highest BCUT2D eigenvalue weighted by molar-refractivity contribution is 9.10. The molecule has 1 atom stereocenters. The molecule has 0 spiro atoms. The zero-order valence-electron chi connectivity index (χ0n) is 11.6. The Hall–Kier alpha value is -1.51. The highest BCUT2D eigenvalue weighted by Crippen LogP contribution is 2.26. The highest BCUT2D eigenvalue weighted by atomic mass is 79.9. The van der Waals surface area contributed by atoms with Gasteiger partial charge < -0.3 is 5.32 Å². The Morgan fingerprint density at radius 2 is 1.71 bits per heavy atom. The number of halogens is 2. The minimum Gasteiger partial charge on any atom is -0.379 e. The third-order valence-corrected chi connectivity index (χ3v) is 4.26. The molecule has 1 N–H and O–H groups in total. The molecular weight excluding hydrogens is 346 g/mol. The van der Waals surface area contributed by atoms with Gasteiger partial charge in [0, 0.05) is 21.2 Å². The Kier molecular flexibility index (Phi) is 4.18. The van der Waals surface area contributed by atoms with Crippen molar-refractivity contribution in [2.24, 2.45) is 0 Å². The summed E-state index contributed by atoms with van der Waals surface area (Å²) in [5, 5.41) is 6.74. The number of fused-ring (bicyclic) bond motifs is 1. The number of hydrogen-bond acceptors (Lipinski definition) is 1. The summed E-state index contributed by atoms with van der Waals surface area (Å²) in [7, 11) is 0. The molecule has 0 fully saturated rings. The van der Waals surface area contributed by atoms with E-state index in [1.807, 2.05) is 18.2 Å². The van der Waals surface area contributed by atoms with Crippen molar-refractivity contribution < 1.29 is 0 Å². The molecular formula is C18H15BrClN. The molecule has 0 aliphatic carbocycles. The second-order valence-electron chi connectivity index (χ2n) is 5.13. The molecule has 0 aliphatic rings. The third kappa shape index (κ3) is 3.39. The van der Waals surface area contributed by atoms with E-state index < -0.39 is 0 Å². The third-order valence-electron chi connectivity index (χ3n) is 3.53. The van der Waals surface area contributed by atoms with Gasteiger partial charge in [0.05, 0.1) is 0 Å². The second kappa shape index (κ2) is 6.08. The summed E-state index contributed by atoms with van der Waals surface area (Å²) in [6.45, 7) is 2.14. The van der Waals surface area contributed by atoms with Crippen molar-refractivity contribution in [3.05, 3.63) is 75.7 Å². The summed E-state index contributed by atoms with van der Waals surface area (Å²) in [4.78, 5) is 0. The molecule has 0 heterocycles. The van der Waals surface area contributed by atoms with Gasteiger partial charge in [-0.1, -0.05) is 51.8 Å². The zero-order chi connectivity index (χ0) is 14.8. The van der Waals surface area contributed by atoms with Crippen LogP contribution < -0.4 is 5.32 Å². The van der Waals surface area contributed by atoms with Gasteiger partial charge in [-0.3, -0.25) is 0 Å². The number of benzene rings is 3. The van der Waals surface area contributed by atoms with Gasteiger partial charge in [0.25, 0.3) is 0 Å². The maximum Gasteiger partial charge on any atom is 0.0486 e. The van der Waals surface area contributed by atoms with Crippen molar-refractivity contribution in [3.8, 4) is 0 Å². The van der Waals surface area contributed by atoms with Crippen LogP contribution in [0.2, 0.25) is 5.02 Å². The summed E-state index contributed by atoms with van der Waals surface area (Å²) in [5.41, 5.74) is 2.29. The van der Waals surface area contributed by atoms with E-state index in [2.05, 4.69) is 70.6 Å². The Labute approximate surface area is 138 Å². The molecule has 0 bridgehead atoms. The van der Waals surface area contributed by atoms with Crippen molar-refractivity contribution in [2.75, 3.05) is 5.32 Å². The first-order chi connectivity index (χ1) is 10.1. The van der Waals surface area contributed by atoms with Crippen molar-refractivity contribution in [3.63, 3.8) is 0 Å². The summed E-state index contributed by atoms with van der Waals surface area (Å²) >= 11 is 9.55. The summed E-state index contributed by atoms with van der Waals surface area (Å²) < 4.78 is 1.10. The maximum absolute atomic E-state index is 6.05. The molecule has 0 amide bonds. The highest BCUT2D eigenvalue weighted by Gasteiger charge is 2.06. The number of nitrogens with one attached hydrogen (secondary N) is 1. The fraction of sp³-hybridized carbons (Fsp3) is 0.111. The van der Waals surface area contributed by atoms with Gasteiger partial charge >= 0.3 is 0 Å². The van der Waals surface area contributed by atoms with Gasteiger partial charge in [0.15, 0.2) is 0 Å². The first-order valence-corrected chi connectivity index (χ1v) is 8.00. The van der Waals surface area contributed by atoms with Gasteiger partial charge in [-0.25, -0.2) is 0 Å². The van der Waals surface area contributed by atoms with Gasteiger partial charge in [-0.05, 0) is 59.7 Å². The van der Waals surface area contributed by atoms with Gasteiger partial charge in [0.2, 0.25) is 0 Å². The molecule has 0 aromatic heterocycles. The Morgan fingerprint density at radius 3 is 2.52 bits per heavy atom. The van der Waals surface area contributed by atoms with Crippen LogP contribution >= 0.6 is 27.5 Å². The standard InChI is InChI=1S/C18H15BrClN/c1-12(13-3-2-4-17(20)10-13)21-18-8-6-14-9-16(19)7-5-15(14)11-18/h2-12,21H,1H3. The molecule has 0 aliphatic heterocycles. The molecule has 1 unspecified atom stereocenters. The smallest absolute Gasteiger partial charge is 0.0486 e. The number of hydrogen-bond donors (Lipinski definition) is 1. The lowest BCUT2D eigenvalue weighted by Crippen LogP contribution is -2.06. The average molecular weight is 361 g/mol. The van der Waals surface area contributed by atoms with Crippen LogP contribution in [0.5, 0.6) is 0 Å². The predicted molar refractivity (Wildman–Crippen MR) is 95.1 cm³/mol. The van der Waals surface area contributed by atoms with Crippen LogP contribution in [0.3, 0.4) is 0 Å². The fourth-order valence-electron chi connectivity index (χ4n) is 2.42. The monoisotopic (exact) mass is 359 g/mol. The summed E-state index contributed by atoms with van der Waals surface area (Å²) in [5.74, 6) is 0. The molecule has 3 rings (SSSR count). The van der Waals surface area contributed by atoms with Crippen LogP contribution in [0, 0.1) is 0 Å². The molecule has 0 saturated heterocycles. The Balaban J connectivity index is 1.86. The van der Waals surface area contributed by atoms with Crippen molar-refractivity contribution in [1.29, 1.82) is 0 Å². The lowest BCUT2D eigenvalue weighted by Gasteiger charge is -2.16. The normalized spacial score (nSPS) is 12.3. The van der Waals surface area contributed by atoms with E-state index in [0.717, 1.165) is 15.2 Å². The Bertz CT molecular complexity index is 785. The van der Waals surface area contributed by atoms with Crippen LogP contribution in [0.1, 0.15) is 18.5 Å². The second-order valence-corrected chi connectivity index (χ2v) is 6.48. The SMILES string of the molecule is CC(Nc1ccc2cc(Br)ccc2c1)c1cccc(Cl)c1. The van der Waals surface area contributed by atoms with Crippen molar-refractivity contribution >= 4 is 44.0 Å². The minimum absolute atomic E-state index is 0.205. The quantitative estimate of drug-likeness (QED) is 0.567. The molecule has 0 saturated carbocycles. The molecule has 1 nitrogen and oxygen atoms in total. The van der Waals surface area contributed by atoms with Crippen molar-refractivity contribution in [1.82, 2.24) is 0 Å². The number of rotatable bonds is 3. The maximum atomic E-state index is 6.05. The lowest BCUT2D eigenvalue weighted by molar-refractivity contribution is 0.885. The molecule has 3 heteroatoms. The van der Waals surface area contributed by atoms with E-state index in [9.17, 15) is 0 Å². The fourth-order valence-corrected chi connectivity index (χ4v) is 2.99. The average Bonchev–Trinajstić information content (AvgIpc) is 2.47. The molecule has 0 radical (unpaired) electrons. The van der Waals surface area contributed by atoms with E-state index in [1.54, 1.807) is 0 Å². The predicted octanol–water partition coefficient (Wildman–Crippen LogP) is 6.43. The first-order valence-electron chi connectivity index (χ1n) is 6.83. The molecule has 21 heavy (non-hydrogen) atoms. The van der Waals surface area contributed by atoms with Gasteiger partial charge in [0.1, 0.15) is 0 Å². The topological polar surface area (TPSA) is 12.0 Å². The molecule has 3 aromatic carbocycles. The summed E-state index contributed by atoms with van der Waals surface area (Å²) in [6.07, 6.45) is 0. The lowest BCUT2D eigenvalue weighted by atomic mass is 10.1. The van der Waals surface area contributed by atoms with Crippen LogP contribution in [0.15, 0.2) is 65.1 Å². The minimum atomic E-state index is 0.205. The van der Waals surface area contributed by atoms with E-state index in [4.69, 9.17) is 11.6 Å². The van der Waals surface area contributed by atoms with E-state index in [-0.39, 0.29) is 6.04 Å². The zero-order valence-corrected chi connectivity index (χ0v) is 13.9. The molecule has 3 aromatic rings. The number of anilines is 1. The van der Waals surface area contributed by atoms with E-state index in [0.29, 0.717) is 0 Å². The molecule has 106 valence electrons. The largest absolute Gasteiger partial charge is 0.379 e. The van der Waals surface area contributed by atoms with Crippen LogP contribution in [-0.2, 0) is 0 Å².